The van der Waals surface area contributed by atoms with Gasteiger partial charge in [-0.05, 0) is 92.0 Å². The Kier molecular flexibility index (Phi) is 10.0. The van der Waals surface area contributed by atoms with Gasteiger partial charge < -0.3 is 14.4 Å². The molecule has 1 N–H and O–H groups in total. The Balaban J connectivity index is 1.61. The van der Waals surface area contributed by atoms with Gasteiger partial charge in [0.25, 0.3) is 0 Å². The average molecular weight is 544 g/mol. The molecule has 2 atom stereocenters. The van der Waals surface area contributed by atoms with Crippen molar-refractivity contribution in [3.8, 4) is 0 Å². The number of carboxylic acid groups (broad SMARTS) is 1. The predicted octanol–water partition coefficient (Wildman–Crippen LogP) is 7.38. The molecule has 0 radical (unpaired) electrons. The molecular formula is C30H42ClNO4Si. The lowest BCUT2D eigenvalue weighted by molar-refractivity contribution is -0.129. The zero-order chi connectivity index (χ0) is 27.2. The third kappa shape index (κ3) is 8.42. The van der Waals surface area contributed by atoms with Crippen molar-refractivity contribution in [2.45, 2.75) is 96.0 Å². The van der Waals surface area contributed by atoms with Crippen molar-refractivity contribution < 1.29 is 19.1 Å². The van der Waals surface area contributed by atoms with E-state index in [0.717, 1.165) is 55.7 Å². The van der Waals surface area contributed by atoms with Crippen LogP contribution in [-0.4, -0.2) is 48.9 Å². The number of benzene rings is 2. The predicted molar refractivity (Wildman–Crippen MR) is 153 cm³/mol. The van der Waals surface area contributed by atoms with Crippen molar-refractivity contribution in [3.63, 3.8) is 0 Å². The minimum atomic E-state index is -1.96. The number of carbonyl (C=O) groups excluding carboxylic acids is 1. The summed E-state index contributed by atoms with van der Waals surface area (Å²) in [5.74, 6) is -0.675. The number of hydrogen-bond acceptors (Lipinski definition) is 3. The van der Waals surface area contributed by atoms with Crippen LogP contribution in [0.3, 0.4) is 0 Å². The molecule has 0 aromatic heterocycles. The van der Waals surface area contributed by atoms with Crippen LogP contribution in [0.25, 0.3) is 0 Å². The van der Waals surface area contributed by atoms with E-state index in [1.165, 1.54) is 5.56 Å². The maximum Gasteiger partial charge on any atom is 0.335 e. The number of rotatable bonds is 12. The van der Waals surface area contributed by atoms with E-state index in [9.17, 15) is 9.59 Å². The molecule has 5 nitrogen and oxygen atoms in total. The van der Waals surface area contributed by atoms with Crippen LogP contribution in [0.5, 0.6) is 0 Å². The van der Waals surface area contributed by atoms with Crippen molar-refractivity contribution in [1.29, 1.82) is 0 Å². The van der Waals surface area contributed by atoms with Crippen molar-refractivity contribution in [2.75, 3.05) is 6.54 Å². The number of carboxylic acids is 1. The quantitative estimate of drug-likeness (QED) is 0.284. The molecule has 2 aromatic carbocycles. The summed E-state index contributed by atoms with van der Waals surface area (Å²) in [6.07, 6.45) is 5.94. The van der Waals surface area contributed by atoms with Crippen LogP contribution >= 0.6 is 11.6 Å². The number of nitrogens with zero attached hydrogens (tertiary/aromatic N) is 1. The topological polar surface area (TPSA) is 66.8 Å². The van der Waals surface area contributed by atoms with Crippen LogP contribution in [0, 0.1) is 0 Å². The molecule has 3 rings (SSSR count). The van der Waals surface area contributed by atoms with E-state index in [-0.39, 0.29) is 23.1 Å². The Hall–Kier alpha value is -2.15. The van der Waals surface area contributed by atoms with Gasteiger partial charge in [-0.25, -0.2) is 4.79 Å². The smallest absolute Gasteiger partial charge is 0.335 e. The number of likely N-dealkylation sites (tertiary alicyclic amines) is 1. The molecule has 7 heteroatoms. The summed E-state index contributed by atoms with van der Waals surface area (Å²) < 4.78 is 6.88. The van der Waals surface area contributed by atoms with Crippen LogP contribution in [0.1, 0.15) is 74.4 Å². The second kappa shape index (κ2) is 12.6. The van der Waals surface area contributed by atoms with E-state index < -0.39 is 14.3 Å². The van der Waals surface area contributed by atoms with Crippen LogP contribution in [-0.2, 0) is 22.1 Å². The van der Waals surface area contributed by atoms with Gasteiger partial charge in [0.1, 0.15) is 0 Å². The van der Waals surface area contributed by atoms with Crippen LogP contribution in [0.2, 0.25) is 23.2 Å². The first-order valence-corrected chi connectivity index (χ1v) is 16.7. The molecule has 0 aliphatic carbocycles. The molecule has 0 bridgehead atoms. The molecule has 37 heavy (non-hydrogen) atoms. The molecule has 1 fully saturated rings. The zero-order valence-electron chi connectivity index (χ0n) is 22.9. The Labute approximate surface area is 228 Å². The standard InChI is InChI=1S/C30H42ClNO4Si/c1-30(2,3)37(4,5)36-27(21-23-8-6-10-25(31)20-23)17-15-26-16-18-28(33)32(26)19-7-9-22-11-13-24(14-12-22)29(34)35/h6,8,10-14,20,26-27H,7,9,15-19,21H2,1-5H3,(H,34,35). The molecule has 1 heterocycles. The van der Waals surface area contributed by atoms with Gasteiger partial charge in [0.05, 0.1) is 5.56 Å². The molecule has 1 aliphatic rings. The summed E-state index contributed by atoms with van der Waals surface area (Å²) in [4.78, 5) is 25.8. The van der Waals surface area contributed by atoms with Crippen molar-refractivity contribution in [2.24, 2.45) is 0 Å². The Morgan fingerprint density at radius 1 is 1.16 bits per heavy atom. The maximum atomic E-state index is 12.7. The summed E-state index contributed by atoms with van der Waals surface area (Å²) in [5.41, 5.74) is 2.58. The van der Waals surface area contributed by atoms with Gasteiger partial charge in [0, 0.05) is 30.1 Å². The molecule has 202 valence electrons. The zero-order valence-corrected chi connectivity index (χ0v) is 24.7. The van der Waals surface area contributed by atoms with Gasteiger partial charge in [-0.15, -0.1) is 0 Å². The van der Waals surface area contributed by atoms with Crippen LogP contribution < -0.4 is 0 Å². The fourth-order valence-corrected chi connectivity index (χ4v) is 6.37. The minimum absolute atomic E-state index is 0.0876. The monoisotopic (exact) mass is 543 g/mol. The molecule has 2 unspecified atom stereocenters. The first-order valence-electron chi connectivity index (χ1n) is 13.4. The lowest BCUT2D eigenvalue weighted by atomic mass is 10.0. The molecule has 1 amide bonds. The van der Waals surface area contributed by atoms with E-state index in [2.05, 4.69) is 44.8 Å². The largest absolute Gasteiger partial charge is 0.478 e. The van der Waals surface area contributed by atoms with E-state index in [4.69, 9.17) is 21.1 Å². The highest BCUT2D eigenvalue weighted by atomic mass is 35.5. The van der Waals surface area contributed by atoms with E-state index in [0.29, 0.717) is 12.0 Å². The van der Waals surface area contributed by atoms with E-state index >= 15 is 0 Å². The van der Waals surface area contributed by atoms with E-state index in [1.807, 2.05) is 30.3 Å². The number of aryl methyl sites for hydroxylation is 1. The second-order valence-electron chi connectivity index (χ2n) is 11.8. The summed E-state index contributed by atoms with van der Waals surface area (Å²) in [6, 6.07) is 15.3. The van der Waals surface area contributed by atoms with Crippen LogP contribution in [0.15, 0.2) is 48.5 Å². The summed E-state index contributed by atoms with van der Waals surface area (Å²) in [7, 11) is -1.96. The number of amides is 1. The van der Waals surface area contributed by atoms with Gasteiger partial charge in [-0.2, -0.15) is 0 Å². The first-order chi connectivity index (χ1) is 17.4. The molecule has 1 aliphatic heterocycles. The minimum Gasteiger partial charge on any atom is -0.478 e. The van der Waals surface area contributed by atoms with Gasteiger partial charge in [0.15, 0.2) is 8.32 Å². The fraction of sp³-hybridized carbons (Fsp3) is 0.533. The summed E-state index contributed by atoms with van der Waals surface area (Å²) >= 11 is 6.26. The fourth-order valence-electron chi connectivity index (χ4n) is 4.77. The van der Waals surface area contributed by atoms with Gasteiger partial charge >= 0.3 is 5.97 Å². The Bertz CT molecular complexity index is 1060. The molecule has 0 saturated carbocycles. The lowest BCUT2D eigenvalue weighted by Crippen LogP contribution is -2.45. The average Bonchev–Trinajstić information content (AvgIpc) is 3.16. The highest BCUT2D eigenvalue weighted by Gasteiger charge is 2.39. The number of carbonyl (C=O) groups is 2. The first kappa shape index (κ1) is 29.4. The lowest BCUT2D eigenvalue weighted by Gasteiger charge is -2.40. The van der Waals surface area contributed by atoms with Gasteiger partial charge in [0.2, 0.25) is 5.91 Å². The second-order valence-corrected chi connectivity index (χ2v) is 17.0. The van der Waals surface area contributed by atoms with Crippen molar-refractivity contribution >= 4 is 31.8 Å². The highest BCUT2D eigenvalue weighted by molar-refractivity contribution is 6.74. The Morgan fingerprint density at radius 3 is 2.49 bits per heavy atom. The summed E-state index contributed by atoms with van der Waals surface area (Å²) in [6.45, 7) is 12.1. The molecule has 2 aromatic rings. The number of halogens is 1. The highest BCUT2D eigenvalue weighted by Crippen LogP contribution is 2.38. The van der Waals surface area contributed by atoms with Crippen molar-refractivity contribution in [3.05, 3.63) is 70.2 Å². The SMILES string of the molecule is CC(C)(C)[Si](C)(C)OC(CCC1CCC(=O)N1CCCc1ccc(C(=O)O)cc1)Cc1cccc(Cl)c1. The number of aromatic carboxylic acids is 1. The Morgan fingerprint density at radius 2 is 1.86 bits per heavy atom. The normalized spacial score (nSPS) is 17.3. The third-order valence-electron chi connectivity index (χ3n) is 7.96. The van der Waals surface area contributed by atoms with Crippen LogP contribution in [0.4, 0.5) is 0 Å². The molecule has 0 spiro atoms. The van der Waals surface area contributed by atoms with Gasteiger partial charge in [-0.1, -0.05) is 56.6 Å². The van der Waals surface area contributed by atoms with E-state index in [1.54, 1.807) is 12.1 Å². The van der Waals surface area contributed by atoms with Gasteiger partial charge in [-0.3, -0.25) is 4.79 Å². The molecular weight excluding hydrogens is 502 g/mol. The molecule has 1 saturated heterocycles. The van der Waals surface area contributed by atoms with Crippen molar-refractivity contribution in [1.82, 2.24) is 4.90 Å². The third-order valence-corrected chi connectivity index (χ3v) is 12.7. The summed E-state index contributed by atoms with van der Waals surface area (Å²) in [5, 5.41) is 9.95. The number of hydrogen-bond donors (Lipinski definition) is 1. The maximum absolute atomic E-state index is 12.7.